The fourth-order valence-corrected chi connectivity index (χ4v) is 2.73. The van der Waals surface area contributed by atoms with Crippen LogP contribution in [0, 0.1) is 0 Å². The van der Waals surface area contributed by atoms with E-state index in [1.165, 1.54) is 0 Å². The van der Waals surface area contributed by atoms with E-state index in [1.807, 2.05) is 54.6 Å². The number of hydrogen-bond donors (Lipinski definition) is 1. The first-order valence-electron chi connectivity index (χ1n) is 8.28. The van der Waals surface area contributed by atoms with Crippen LogP contribution in [0.25, 0.3) is 34.3 Å². The third-order valence-electron chi connectivity index (χ3n) is 3.96. The quantitative estimate of drug-likeness (QED) is 0.588. The average molecular weight is 357 g/mol. The molecule has 2 heterocycles. The first-order chi connectivity index (χ1) is 13.2. The molecule has 0 aliphatic heterocycles. The van der Waals surface area contributed by atoms with Crippen LogP contribution in [-0.2, 0) is 11.2 Å². The molecule has 4 aromatic rings. The summed E-state index contributed by atoms with van der Waals surface area (Å²) < 4.78 is 5.74. The highest BCUT2D eigenvalue weighted by atomic mass is 16.4. The highest BCUT2D eigenvalue weighted by Crippen LogP contribution is 2.26. The van der Waals surface area contributed by atoms with Gasteiger partial charge in [0.2, 0.25) is 11.8 Å². The van der Waals surface area contributed by atoms with Crippen LogP contribution in [0.4, 0.5) is 0 Å². The predicted octanol–water partition coefficient (Wildman–Crippen LogP) is 2.89. The van der Waals surface area contributed by atoms with Crippen molar-refractivity contribution in [1.29, 1.82) is 0 Å². The molecule has 0 spiro atoms. The SMILES string of the molecule is NC(=O)Cc1ccccc1-c1cncc(-c2nnc(-c3ccccc3)o2)n1. The van der Waals surface area contributed by atoms with Crippen LogP contribution in [0.3, 0.4) is 0 Å². The predicted molar refractivity (Wildman–Crippen MR) is 99.1 cm³/mol. The van der Waals surface area contributed by atoms with Gasteiger partial charge in [-0.15, -0.1) is 10.2 Å². The summed E-state index contributed by atoms with van der Waals surface area (Å²) >= 11 is 0. The van der Waals surface area contributed by atoms with Crippen molar-refractivity contribution >= 4 is 5.91 Å². The van der Waals surface area contributed by atoms with Gasteiger partial charge >= 0.3 is 0 Å². The zero-order chi connectivity index (χ0) is 18.6. The van der Waals surface area contributed by atoms with Gasteiger partial charge in [0.25, 0.3) is 5.89 Å². The van der Waals surface area contributed by atoms with E-state index in [1.54, 1.807) is 12.4 Å². The Morgan fingerprint density at radius 1 is 0.889 bits per heavy atom. The normalized spacial score (nSPS) is 10.7. The summed E-state index contributed by atoms with van der Waals surface area (Å²) in [5, 5.41) is 8.15. The molecule has 1 amide bonds. The van der Waals surface area contributed by atoms with Gasteiger partial charge < -0.3 is 10.2 Å². The van der Waals surface area contributed by atoms with Crippen molar-refractivity contribution in [2.45, 2.75) is 6.42 Å². The Morgan fingerprint density at radius 2 is 1.59 bits per heavy atom. The topological polar surface area (TPSA) is 108 Å². The zero-order valence-corrected chi connectivity index (χ0v) is 14.2. The van der Waals surface area contributed by atoms with Gasteiger partial charge in [-0.2, -0.15) is 0 Å². The monoisotopic (exact) mass is 357 g/mol. The summed E-state index contributed by atoms with van der Waals surface area (Å²) in [5.41, 5.74) is 8.79. The molecular formula is C20H15N5O2. The zero-order valence-electron chi connectivity index (χ0n) is 14.2. The van der Waals surface area contributed by atoms with Crippen molar-refractivity contribution in [3.05, 3.63) is 72.6 Å². The second-order valence-corrected chi connectivity index (χ2v) is 5.87. The van der Waals surface area contributed by atoms with Crippen molar-refractivity contribution < 1.29 is 9.21 Å². The molecule has 0 aliphatic rings. The number of nitrogens with two attached hydrogens (primary N) is 1. The molecule has 27 heavy (non-hydrogen) atoms. The molecular weight excluding hydrogens is 342 g/mol. The molecule has 0 fully saturated rings. The van der Waals surface area contributed by atoms with E-state index in [0.717, 1.165) is 16.7 Å². The van der Waals surface area contributed by atoms with Crippen LogP contribution >= 0.6 is 0 Å². The number of benzene rings is 2. The molecule has 0 saturated carbocycles. The van der Waals surface area contributed by atoms with Gasteiger partial charge in [0.1, 0.15) is 5.69 Å². The molecule has 0 saturated heterocycles. The van der Waals surface area contributed by atoms with Crippen LogP contribution < -0.4 is 5.73 Å². The minimum atomic E-state index is -0.407. The first-order valence-corrected chi connectivity index (χ1v) is 8.28. The van der Waals surface area contributed by atoms with Crippen LogP contribution in [0.2, 0.25) is 0 Å². The Kier molecular flexibility index (Phi) is 4.40. The van der Waals surface area contributed by atoms with E-state index in [4.69, 9.17) is 10.2 Å². The number of aromatic nitrogens is 4. The Bertz CT molecular complexity index is 1090. The molecule has 4 rings (SSSR count). The molecule has 7 nitrogen and oxygen atoms in total. The molecule has 7 heteroatoms. The van der Waals surface area contributed by atoms with Crippen molar-refractivity contribution in [2.24, 2.45) is 5.73 Å². The Hall–Kier alpha value is -3.87. The molecule has 0 bridgehead atoms. The number of carbonyl (C=O) groups is 1. The van der Waals surface area contributed by atoms with Gasteiger partial charge in [0.15, 0.2) is 0 Å². The maximum absolute atomic E-state index is 11.3. The van der Waals surface area contributed by atoms with E-state index in [2.05, 4.69) is 20.2 Å². The Morgan fingerprint density at radius 3 is 2.41 bits per heavy atom. The number of nitrogens with zero attached hydrogens (tertiary/aromatic N) is 4. The van der Waals surface area contributed by atoms with Crippen LogP contribution in [0.1, 0.15) is 5.56 Å². The van der Waals surface area contributed by atoms with Gasteiger partial charge in [0.05, 0.1) is 24.5 Å². The molecule has 0 radical (unpaired) electrons. The number of amides is 1. The lowest BCUT2D eigenvalue weighted by Gasteiger charge is -2.07. The van der Waals surface area contributed by atoms with E-state index >= 15 is 0 Å². The van der Waals surface area contributed by atoms with Crippen molar-refractivity contribution in [3.63, 3.8) is 0 Å². The third-order valence-corrected chi connectivity index (χ3v) is 3.96. The summed E-state index contributed by atoms with van der Waals surface area (Å²) in [5.74, 6) is 0.276. The molecule has 2 aromatic carbocycles. The maximum Gasteiger partial charge on any atom is 0.268 e. The van der Waals surface area contributed by atoms with Gasteiger partial charge in [-0.05, 0) is 17.7 Å². The number of primary amides is 1. The van der Waals surface area contributed by atoms with Gasteiger partial charge in [-0.3, -0.25) is 9.78 Å². The van der Waals surface area contributed by atoms with Crippen LogP contribution in [0.5, 0.6) is 0 Å². The summed E-state index contributed by atoms with van der Waals surface area (Å²) in [7, 11) is 0. The summed E-state index contributed by atoms with van der Waals surface area (Å²) in [6.45, 7) is 0. The Labute approximate surface area is 154 Å². The average Bonchev–Trinajstić information content (AvgIpc) is 3.19. The van der Waals surface area contributed by atoms with Crippen LogP contribution in [-0.4, -0.2) is 26.1 Å². The van der Waals surface area contributed by atoms with E-state index in [0.29, 0.717) is 17.3 Å². The van der Waals surface area contributed by atoms with E-state index in [-0.39, 0.29) is 12.3 Å². The highest BCUT2D eigenvalue weighted by Gasteiger charge is 2.14. The fourth-order valence-electron chi connectivity index (χ4n) is 2.73. The molecule has 0 aliphatic carbocycles. The highest BCUT2D eigenvalue weighted by molar-refractivity contribution is 5.80. The number of hydrogen-bond acceptors (Lipinski definition) is 6. The first kappa shape index (κ1) is 16.6. The summed E-state index contributed by atoms with van der Waals surface area (Å²) in [6.07, 6.45) is 3.31. The standard InChI is InChI=1S/C20H15N5O2/c21-18(26)10-14-8-4-5-9-15(14)16-11-22-12-17(23-16)20-25-24-19(27-20)13-6-2-1-3-7-13/h1-9,11-12H,10H2,(H2,21,26). The molecule has 0 atom stereocenters. The third kappa shape index (κ3) is 3.57. The van der Waals surface area contributed by atoms with E-state index in [9.17, 15) is 4.79 Å². The summed E-state index contributed by atoms with van der Waals surface area (Å²) in [4.78, 5) is 20.1. The van der Waals surface area contributed by atoms with Gasteiger partial charge in [0, 0.05) is 11.1 Å². The van der Waals surface area contributed by atoms with Gasteiger partial charge in [-0.25, -0.2) is 4.98 Å². The summed E-state index contributed by atoms with van der Waals surface area (Å²) in [6, 6.07) is 16.9. The van der Waals surface area contributed by atoms with Gasteiger partial charge in [-0.1, -0.05) is 42.5 Å². The lowest BCUT2D eigenvalue weighted by atomic mass is 10.0. The molecule has 132 valence electrons. The van der Waals surface area contributed by atoms with Crippen LogP contribution in [0.15, 0.2) is 71.4 Å². The lowest BCUT2D eigenvalue weighted by Crippen LogP contribution is -2.14. The fraction of sp³-hybridized carbons (Fsp3) is 0.0500. The molecule has 2 N–H and O–H groups in total. The molecule has 0 unspecified atom stereocenters. The Balaban J connectivity index is 1.70. The second kappa shape index (κ2) is 7.17. The minimum absolute atomic E-state index is 0.126. The van der Waals surface area contributed by atoms with E-state index < -0.39 is 5.91 Å². The van der Waals surface area contributed by atoms with Crippen molar-refractivity contribution in [3.8, 4) is 34.3 Å². The largest absolute Gasteiger partial charge is 0.415 e. The maximum atomic E-state index is 11.3. The van der Waals surface area contributed by atoms with Crippen molar-refractivity contribution in [1.82, 2.24) is 20.2 Å². The molecule has 2 aromatic heterocycles. The smallest absolute Gasteiger partial charge is 0.268 e. The number of rotatable bonds is 5. The minimum Gasteiger partial charge on any atom is -0.415 e. The lowest BCUT2D eigenvalue weighted by molar-refractivity contribution is -0.117. The number of carbonyl (C=O) groups excluding carboxylic acids is 1. The van der Waals surface area contributed by atoms with Crippen molar-refractivity contribution in [2.75, 3.05) is 0 Å². The second-order valence-electron chi connectivity index (χ2n) is 5.87.